The molecule has 9 nitrogen and oxygen atoms in total. The molecule has 1 atom stereocenters. The Balaban J connectivity index is 1.74. The number of rotatable bonds is 8. The maximum atomic E-state index is 11.9. The van der Waals surface area contributed by atoms with Crippen LogP contribution in [0, 0.1) is 10.1 Å². The van der Waals surface area contributed by atoms with Gasteiger partial charge in [0, 0.05) is 22.6 Å². The molecule has 0 saturated carbocycles. The number of nitro benzene ring substituents is 1. The minimum absolute atomic E-state index is 0.0412. The number of hydrogen-bond donors (Lipinski definition) is 2. The second-order valence-corrected chi connectivity index (χ2v) is 6.43. The van der Waals surface area contributed by atoms with Crippen LogP contribution in [0.5, 0.6) is 0 Å². The highest BCUT2D eigenvalue weighted by Gasteiger charge is 2.15. The third-order valence-electron chi connectivity index (χ3n) is 3.42. The molecule has 2 aromatic rings. The molecule has 27 heavy (non-hydrogen) atoms. The molecule has 2 rings (SSSR count). The molecular weight excluding hydrogens is 374 g/mol. The Hall–Kier alpha value is -3.27. The standard InChI is InChI=1S/C17H17N3O6S/c1-11(14-6-3-7-27-14)19-15(21)10-26-16(22)9-18-17(23)12-4-2-5-13(8-12)20(24)25/h2-8,11H,9-10H2,1H3,(H,18,23)(H,19,21)/t11-/m1/s1. The molecule has 2 amide bonds. The molecule has 0 aliphatic rings. The maximum absolute atomic E-state index is 11.9. The van der Waals surface area contributed by atoms with Crippen molar-refractivity contribution in [2.24, 2.45) is 0 Å². The Morgan fingerprint density at radius 2 is 2.04 bits per heavy atom. The van der Waals surface area contributed by atoms with Crippen molar-refractivity contribution >= 4 is 34.8 Å². The van der Waals surface area contributed by atoms with Gasteiger partial charge in [0.15, 0.2) is 6.61 Å². The largest absolute Gasteiger partial charge is 0.454 e. The molecule has 1 aromatic carbocycles. The summed E-state index contributed by atoms with van der Waals surface area (Å²) in [6.45, 7) is 0.876. The molecule has 0 saturated heterocycles. The molecule has 10 heteroatoms. The van der Waals surface area contributed by atoms with Gasteiger partial charge >= 0.3 is 5.97 Å². The van der Waals surface area contributed by atoms with E-state index in [9.17, 15) is 24.5 Å². The van der Waals surface area contributed by atoms with Crippen molar-refractivity contribution in [3.8, 4) is 0 Å². The second kappa shape index (κ2) is 9.43. The highest BCUT2D eigenvalue weighted by Crippen LogP contribution is 2.17. The van der Waals surface area contributed by atoms with Crippen molar-refractivity contribution in [1.29, 1.82) is 0 Å². The predicted molar refractivity (Wildman–Crippen MR) is 97.3 cm³/mol. The van der Waals surface area contributed by atoms with Crippen LogP contribution in [-0.4, -0.2) is 35.9 Å². The summed E-state index contributed by atoms with van der Waals surface area (Å²) in [6.07, 6.45) is 0. The number of carbonyl (C=O) groups excluding carboxylic acids is 3. The third kappa shape index (κ3) is 6.19. The quantitative estimate of drug-likeness (QED) is 0.401. The average molecular weight is 391 g/mol. The van der Waals surface area contributed by atoms with Crippen LogP contribution < -0.4 is 10.6 Å². The molecule has 142 valence electrons. The average Bonchev–Trinajstić information content (AvgIpc) is 3.19. The molecule has 0 aliphatic carbocycles. The van der Waals surface area contributed by atoms with Crippen LogP contribution in [0.3, 0.4) is 0 Å². The second-order valence-electron chi connectivity index (χ2n) is 5.46. The van der Waals surface area contributed by atoms with E-state index < -0.39 is 35.9 Å². The zero-order valence-electron chi connectivity index (χ0n) is 14.3. The number of nitrogens with zero attached hydrogens (tertiary/aromatic N) is 1. The summed E-state index contributed by atoms with van der Waals surface area (Å²) < 4.78 is 4.80. The lowest BCUT2D eigenvalue weighted by Crippen LogP contribution is -2.34. The Morgan fingerprint density at radius 3 is 2.70 bits per heavy atom. The molecular formula is C17H17N3O6S. The molecule has 0 bridgehead atoms. The van der Waals surface area contributed by atoms with Gasteiger partial charge in [-0.25, -0.2) is 0 Å². The first-order valence-electron chi connectivity index (χ1n) is 7.88. The van der Waals surface area contributed by atoms with Crippen molar-refractivity contribution in [3.05, 3.63) is 62.3 Å². The monoisotopic (exact) mass is 391 g/mol. The van der Waals surface area contributed by atoms with Crippen molar-refractivity contribution in [1.82, 2.24) is 10.6 Å². The van der Waals surface area contributed by atoms with E-state index in [1.807, 2.05) is 24.4 Å². The zero-order chi connectivity index (χ0) is 19.8. The summed E-state index contributed by atoms with van der Waals surface area (Å²) >= 11 is 1.50. The number of amides is 2. The van der Waals surface area contributed by atoms with Crippen LogP contribution in [0.1, 0.15) is 28.2 Å². The first-order valence-corrected chi connectivity index (χ1v) is 8.76. The predicted octanol–water partition coefficient (Wildman–Crippen LogP) is 1.81. The highest BCUT2D eigenvalue weighted by molar-refractivity contribution is 7.10. The topological polar surface area (TPSA) is 128 Å². The minimum Gasteiger partial charge on any atom is -0.454 e. The number of carbonyl (C=O) groups is 3. The fraction of sp³-hybridized carbons (Fsp3) is 0.235. The summed E-state index contributed by atoms with van der Waals surface area (Å²) in [7, 11) is 0. The number of nitro groups is 1. The lowest BCUT2D eigenvalue weighted by Gasteiger charge is -2.12. The number of non-ortho nitro benzene ring substituents is 1. The van der Waals surface area contributed by atoms with E-state index in [0.717, 1.165) is 10.9 Å². The van der Waals surface area contributed by atoms with Gasteiger partial charge in [-0.15, -0.1) is 11.3 Å². The van der Waals surface area contributed by atoms with Crippen LogP contribution in [0.15, 0.2) is 41.8 Å². The van der Waals surface area contributed by atoms with Crippen molar-refractivity contribution < 1.29 is 24.0 Å². The first kappa shape index (κ1) is 20.0. The number of ether oxygens (including phenoxy) is 1. The Labute approximate surface area is 158 Å². The van der Waals surface area contributed by atoms with Gasteiger partial charge < -0.3 is 15.4 Å². The lowest BCUT2D eigenvalue weighted by atomic mass is 10.2. The number of nitrogens with one attached hydrogen (secondary N) is 2. The highest BCUT2D eigenvalue weighted by atomic mass is 32.1. The van der Waals surface area contributed by atoms with Gasteiger partial charge in [0.2, 0.25) is 0 Å². The smallest absolute Gasteiger partial charge is 0.325 e. The van der Waals surface area contributed by atoms with Gasteiger partial charge in [0.25, 0.3) is 17.5 Å². The molecule has 1 heterocycles. The van der Waals surface area contributed by atoms with E-state index in [1.165, 1.54) is 29.5 Å². The molecule has 0 spiro atoms. The van der Waals surface area contributed by atoms with Crippen LogP contribution in [0.25, 0.3) is 0 Å². The molecule has 1 aromatic heterocycles. The molecule has 0 aliphatic heterocycles. The number of hydrogen-bond acceptors (Lipinski definition) is 7. The van der Waals surface area contributed by atoms with E-state index in [0.29, 0.717) is 0 Å². The van der Waals surface area contributed by atoms with Crippen LogP contribution in [-0.2, 0) is 14.3 Å². The molecule has 0 unspecified atom stereocenters. The summed E-state index contributed by atoms with van der Waals surface area (Å²) in [5, 5.41) is 17.6. The van der Waals surface area contributed by atoms with Gasteiger partial charge in [-0.1, -0.05) is 12.1 Å². The van der Waals surface area contributed by atoms with Gasteiger partial charge in [-0.3, -0.25) is 24.5 Å². The Morgan fingerprint density at radius 1 is 1.26 bits per heavy atom. The molecule has 0 radical (unpaired) electrons. The van der Waals surface area contributed by atoms with E-state index in [2.05, 4.69) is 10.6 Å². The summed E-state index contributed by atoms with van der Waals surface area (Å²) in [4.78, 5) is 46.4. The molecule has 2 N–H and O–H groups in total. The van der Waals surface area contributed by atoms with E-state index in [-0.39, 0.29) is 17.3 Å². The minimum atomic E-state index is -0.798. The summed E-state index contributed by atoms with van der Waals surface area (Å²) in [5.74, 6) is -1.92. The fourth-order valence-corrected chi connectivity index (χ4v) is 2.84. The van der Waals surface area contributed by atoms with Crippen molar-refractivity contribution in [2.75, 3.05) is 13.2 Å². The van der Waals surface area contributed by atoms with Crippen LogP contribution in [0.4, 0.5) is 5.69 Å². The number of esters is 1. The normalized spacial score (nSPS) is 11.3. The SMILES string of the molecule is C[C@@H](NC(=O)COC(=O)CNC(=O)c1cccc([N+](=O)[O-])c1)c1cccs1. The first-order chi connectivity index (χ1) is 12.9. The Bertz CT molecular complexity index is 837. The number of thiophene rings is 1. The Kier molecular flexibility index (Phi) is 7.00. The van der Waals surface area contributed by atoms with E-state index in [4.69, 9.17) is 4.74 Å². The van der Waals surface area contributed by atoms with Gasteiger partial charge in [-0.05, 0) is 24.4 Å². The van der Waals surface area contributed by atoms with Crippen molar-refractivity contribution in [3.63, 3.8) is 0 Å². The summed E-state index contributed by atoms with van der Waals surface area (Å²) in [6, 6.07) is 8.64. The van der Waals surface area contributed by atoms with Gasteiger partial charge in [0.1, 0.15) is 6.54 Å². The van der Waals surface area contributed by atoms with Gasteiger partial charge in [-0.2, -0.15) is 0 Å². The molecule has 0 fully saturated rings. The van der Waals surface area contributed by atoms with E-state index in [1.54, 1.807) is 0 Å². The van der Waals surface area contributed by atoms with Gasteiger partial charge in [0.05, 0.1) is 11.0 Å². The summed E-state index contributed by atoms with van der Waals surface area (Å²) in [5.41, 5.74) is -0.193. The van der Waals surface area contributed by atoms with Crippen LogP contribution in [0.2, 0.25) is 0 Å². The fourth-order valence-electron chi connectivity index (χ4n) is 2.10. The maximum Gasteiger partial charge on any atom is 0.325 e. The zero-order valence-corrected chi connectivity index (χ0v) is 15.2. The van der Waals surface area contributed by atoms with Crippen molar-refractivity contribution in [2.45, 2.75) is 13.0 Å². The lowest BCUT2D eigenvalue weighted by molar-refractivity contribution is -0.384. The number of benzene rings is 1. The van der Waals surface area contributed by atoms with E-state index >= 15 is 0 Å². The third-order valence-corrected chi connectivity index (χ3v) is 4.48. The van der Waals surface area contributed by atoms with Crippen LogP contribution >= 0.6 is 11.3 Å².